The number of imidazole rings is 1. The van der Waals surface area contributed by atoms with Crippen LogP contribution in [0.25, 0.3) is 0 Å². The lowest BCUT2D eigenvalue weighted by molar-refractivity contribution is -0.141. The van der Waals surface area contributed by atoms with Crippen LogP contribution >= 0.6 is 0 Å². The highest BCUT2D eigenvalue weighted by Crippen LogP contribution is 2.34. The maximum absolute atomic E-state index is 12.0. The molecule has 1 aromatic heterocycles. The van der Waals surface area contributed by atoms with Crippen LogP contribution < -0.4 is 5.32 Å². The number of nitrogens with zero attached hydrogens (tertiary/aromatic N) is 2. The molecule has 1 aromatic rings. The van der Waals surface area contributed by atoms with E-state index in [0.29, 0.717) is 11.7 Å². The number of hydrogen-bond acceptors (Lipinski definition) is 4. The molecule has 0 aromatic carbocycles. The molecule has 0 radical (unpaired) electrons. The summed E-state index contributed by atoms with van der Waals surface area (Å²) in [5, 5.41) is 2.86. The van der Waals surface area contributed by atoms with Crippen LogP contribution in [0.3, 0.4) is 0 Å². The molecule has 1 atom stereocenters. The highest BCUT2D eigenvalue weighted by atomic mass is 16.5. The Morgan fingerprint density at radius 1 is 1.61 bits per heavy atom. The van der Waals surface area contributed by atoms with Gasteiger partial charge in [0, 0.05) is 25.5 Å². The Morgan fingerprint density at radius 3 is 2.83 bits per heavy atom. The van der Waals surface area contributed by atoms with Gasteiger partial charge in [-0.05, 0) is 18.8 Å². The lowest BCUT2D eigenvalue weighted by Gasteiger charge is -2.16. The van der Waals surface area contributed by atoms with Gasteiger partial charge in [-0.25, -0.2) is 4.98 Å². The van der Waals surface area contributed by atoms with Crippen LogP contribution in [0, 0.1) is 5.92 Å². The average Bonchev–Trinajstić information content (AvgIpc) is 3.10. The Balaban J connectivity index is 1.98. The molecule has 6 heteroatoms. The SMILES string of the molecule is COC(=O)CC(NC(=O)c1nccn1C)C1CC1. The summed E-state index contributed by atoms with van der Waals surface area (Å²) in [7, 11) is 3.11. The zero-order valence-corrected chi connectivity index (χ0v) is 10.5. The lowest BCUT2D eigenvalue weighted by atomic mass is 10.1. The standard InChI is InChI=1S/C12H17N3O3/c1-15-6-5-13-11(15)12(17)14-9(8-3-4-8)7-10(16)18-2/h5-6,8-9H,3-4,7H2,1-2H3,(H,14,17). The second kappa shape index (κ2) is 5.20. The van der Waals surface area contributed by atoms with E-state index in [9.17, 15) is 9.59 Å². The van der Waals surface area contributed by atoms with Crippen molar-refractivity contribution in [1.29, 1.82) is 0 Å². The van der Waals surface area contributed by atoms with Gasteiger partial charge in [0.25, 0.3) is 5.91 Å². The number of amides is 1. The molecule has 0 bridgehead atoms. The third kappa shape index (κ3) is 2.88. The van der Waals surface area contributed by atoms with Gasteiger partial charge in [-0.3, -0.25) is 9.59 Å². The van der Waals surface area contributed by atoms with Crippen LogP contribution in [0.5, 0.6) is 0 Å². The van der Waals surface area contributed by atoms with Crippen molar-refractivity contribution in [2.45, 2.75) is 25.3 Å². The summed E-state index contributed by atoms with van der Waals surface area (Å²) >= 11 is 0. The molecule has 1 N–H and O–H groups in total. The fourth-order valence-electron chi connectivity index (χ4n) is 1.91. The largest absolute Gasteiger partial charge is 0.469 e. The van der Waals surface area contributed by atoms with Gasteiger partial charge >= 0.3 is 5.97 Å². The van der Waals surface area contributed by atoms with Gasteiger partial charge in [0.15, 0.2) is 5.82 Å². The molecule has 98 valence electrons. The van der Waals surface area contributed by atoms with E-state index in [4.69, 9.17) is 0 Å². The molecule has 1 unspecified atom stereocenters. The topological polar surface area (TPSA) is 73.2 Å². The zero-order valence-electron chi connectivity index (χ0n) is 10.5. The van der Waals surface area contributed by atoms with E-state index in [0.717, 1.165) is 12.8 Å². The Labute approximate surface area is 105 Å². The van der Waals surface area contributed by atoms with Gasteiger partial charge in [-0.2, -0.15) is 0 Å². The third-order valence-corrected chi connectivity index (χ3v) is 3.15. The molecule has 6 nitrogen and oxygen atoms in total. The van der Waals surface area contributed by atoms with Crippen molar-refractivity contribution in [3.8, 4) is 0 Å². The van der Waals surface area contributed by atoms with E-state index in [2.05, 4.69) is 15.0 Å². The van der Waals surface area contributed by atoms with E-state index in [1.54, 1.807) is 24.0 Å². The van der Waals surface area contributed by atoms with E-state index >= 15 is 0 Å². The molecule has 1 aliphatic rings. The van der Waals surface area contributed by atoms with E-state index in [1.165, 1.54) is 7.11 Å². The first-order valence-corrected chi connectivity index (χ1v) is 5.97. The zero-order chi connectivity index (χ0) is 13.1. The lowest BCUT2D eigenvalue weighted by Crippen LogP contribution is -2.39. The molecule has 0 aliphatic heterocycles. The molecule has 1 heterocycles. The van der Waals surface area contributed by atoms with Gasteiger partial charge < -0.3 is 14.6 Å². The van der Waals surface area contributed by atoms with Crippen LogP contribution in [-0.2, 0) is 16.6 Å². The summed E-state index contributed by atoms with van der Waals surface area (Å²) in [6.07, 6.45) is 5.59. The summed E-state index contributed by atoms with van der Waals surface area (Å²) in [6.45, 7) is 0. The minimum absolute atomic E-state index is 0.151. The Bertz CT molecular complexity index is 451. The number of esters is 1. The third-order valence-electron chi connectivity index (χ3n) is 3.15. The first kappa shape index (κ1) is 12.6. The fourth-order valence-corrected chi connectivity index (χ4v) is 1.91. The fraction of sp³-hybridized carbons (Fsp3) is 0.583. The van der Waals surface area contributed by atoms with Crippen LogP contribution in [0.4, 0.5) is 0 Å². The number of methoxy groups -OCH3 is 1. The maximum atomic E-state index is 12.0. The highest BCUT2D eigenvalue weighted by molar-refractivity contribution is 5.91. The predicted molar refractivity (Wildman–Crippen MR) is 63.8 cm³/mol. The summed E-state index contributed by atoms with van der Waals surface area (Å²) in [5.74, 6) is 0.189. The van der Waals surface area contributed by atoms with Gasteiger partial charge in [-0.15, -0.1) is 0 Å². The number of hydrogen-bond donors (Lipinski definition) is 1. The first-order valence-electron chi connectivity index (χ1n) is 5.97. The molecule has 0 spiro atoms. The van der Waals surface area contributed by atoms with Crippen LogP contribution in [0.1, 0.15) is 29.9 Å². The van der Waals surface area contributed by atoms with Crippen LogP contribution in [0.15, 0.2) is 12.4 Å². The number of rotatable bonds is 5. The second-order valence-electron chi connectivity index (χ2n) is 4.56. The summed E-state index contributed by atoms with van der Waals surface area (Å²) < 4.78 is 6.29. The Kier molecular flexibility index (Phi) is 3.64. The minimum atomic E-state index is -0.299. The van der Waals surface area contributed by atoms with Crippen LogP contribution in [0.2, 0.25) is 0 Å². The van der Waals surface area contributed by atoms with E-state index < -0.39 is 0 Å². The maximum Gasteiger partial charge on any atom is 0.307 e. The van der Waals surface area contributed by atoms with Gasteiger partial charge in [-0.1, -0.05) is 0 Å². The van der Waals surface area contributed by atoms with Crippen molar-refractivity contribution < 1.29 is 14.3 Å². The van der Waals surface area contributed by atoms with Gasteiger partial charge in [0.1, 0.15) is 0 Å². The number of aromatic nitrogens is 2. The van der Waals surface area contributed by atoms with Crippen molar-refractivity contribution in [3.63, 3.8) is 0 Å². The smallest absolute Gasteiger partial charge is 0.307 e. The monoisotopic (exact) mass is 251 g/mol. The van der Waals surface area contributed by atoms with Crippen molar-refractivity contribution >= 4 is 11.9 Å². The summed E-state index contributed by atoms with van der Waals surface area (Å²) in [5.41, 5.74) is 0. The first-order chi connectivity index (χ1) is 8.61. The molecule has 2 rings (SSSR count). The molecule has 0 saturated heterocycles. The average molecular weight is 251 g/mol. The summed E-state index contributed by atoms with van der Waals surface area (Å²) in [4.78, 5) is 27.3. The Morgan fingerprint density at radius 2 is 2.33 bits per heavy atom. The number of carbonyl (C=O) groups excluding carboxylic acids is 2. The normalized spacial score (nSPS) is 16.1. The van der Waals surface area contributed by atoms with Crippen molar-refractivity contribution in [2.24, 2.45) is 13.0 Å². The highest BCUT2D eigenvalue weighted by Gasteiger charge is 2.34. The minimum Gasteiger partial charge on any atom is -0.469 e. The molecular weight excluding hydrogens is 234 g/mol. The molecule has 1 amide bonds. The van der Waals surface area contributed by atoms with Crippen molar-refractivity contribution in [3.05, 3.63) is 18.2 Å². The van der Waals surface area contributed by atoms with E-state index in [-0.39, 0.29) is 24.3 Å². The summed E-state index contributed by atoms with van der Waals surface area (Å²) in [6, 6.07) is -0.151. The number of nitrogens with one attached hydrogen (secondary N) is 1. The number of aryl methyl sites for hydroxylation is 1. The van der Waals surface area contributed by atoms with Gasteiger partial charge in [0.2, 0.25) is 0 Å². The van der Waals surface area contributed by atoms with Crippen LogP contribution in [-0.4, -0.2) is 34.6 Å². The quantitative estimate of drug-likeness (QED) is 0.773. The molecule has 1 aliphatic carbocycles. The van der Waals surface area contributed by atoms with Gasteiger partial charge in [0.05, 0.1) is 13.5 Å². The second-order valence-corrected chi connectivity index (χ2v) is 4.56. The predicted octanol–water partition coefficient (Wildman–Crippen LogP) is 0.492. The molecule has 1 fully saturated rings. The van der Waals surface area contributed by atoms with Crippen molar-refractivity contribution in [2.75, 3.05) is 7.11 Å². The van der Waals surface area contributed by atoms with Crippen molar-refractivity contribution in [1.82, 2.24) is 14.9 Å². The molecule has 18 heavy (non-hydrogen) atoms. The molecular formula is C12H17N3O3. The Hall–Kier alpha value is -1.85. The number of carbonyl (C=O) groups is 2. The van der Waals surface area contributed by atoms with E-state index in [1.807, 2.05) is 0 Å². The molecule has 1 saturated carbocycles. The number of ether oxygens (including phenoxy) is 1.